The summed E-state index contributed by atoms with van der Waals surface area (Å²) in [7, 11) is 0. The molecular weight excluding hydrogens is 516 g/mol. The van der Waals surface area contributed by atoms with E-state index < -0.39 is 0 Å². The molecule has 0 heterocycles. The van der Waals surface area contributed by atoms with E-state index >= 15 is 0 Å². The van der Waals surface area contributed by atoms with Crippen molar-refractivity contribution in [3.63, 3.8) is 0 Å². The van der Waals surface area contributed by atoms with Crippen LogP contribution in [0, 0.1) is 0 Å². The zero-order valence-electron chi connectivity index (χ0n) is 24.0. The molecule has 0 fully saturated rings. The van der Waals surface area contributed by atoms with Crippen molar-refractivity contribution >= 4 is 23.1 Å². The van der Waals surface area contributed by atoms with Gasteiger partial charge in [0.1, 0.15) is 23.0 Å². The van der Waals surface area contributed by atoms with E-state index in [2.05, 4.69) is 13.8 Å². The van der Waals surface area contributed by atoms with Crippen molar-refractivity contribution in [3.8, 4) is 23.0 Å². The zero-order valence-corrected chi connectivity index (χ0v) is 24.0. The van der Waals surface area contributed by atoms with Crippen LogP contribution in [-0.2, 0) is 5.41 Å². The normalized spacial score (nSPS) is 11.1. The van der Waals surface area contributed by atoms with Crippen molar-refractivity contribution in [2.24, 2.45) is 0 Å². The van der Waals surface area contributed by atoms with Crippen molar-refractivity contribution in [1.29, 1.82) is 0 Å². The predicted octanol–water partition coefficient (Wildman–Crippen LogP) is 8.41. The molecule has 0 unspecified atom stereocenters. The summed E-state index contributed by atoms with van der Waals surface area (Å²) in [5, 5.41) is 0. The van der Waals surface area contributed by atoms with Crippen LogP contribution in [0.15, 0.2) is 84.9 Å². The number of hydrogen-bond acceptors (Lipinski definition) is 6. The molecule has 0 bridgehead atoms. The Morgan fingerprint density at radius 2 is 0.732 bits per heavy atom. The topological polar surface area (TPSA) is 86.7 Å². The van der Waals surface area contributed by atoms with E-state index in [0.717, 1.165) is 11.1 Å². The highest BCUT2D eigenvalue weighted by atomic mass is 16.5. The number of benzene rings is 4. The first-order valence-electron chi connectivity index (χ1n) is 13.3. The Morgan fingerprint density at radius 1 is 0.439 bits per heavy atom. The fourth-order valence-corrected chi connectivity index (χ4v) is 4.69. The SMILES string of the molecule is CC(=O)c1ccc(Oc2ccc(C(C)(C)c3ccc(Oc4ccc(C(C)=O)c(C(C)=O)c4)cc3)cc2)cc1C(C)=O. The van der Waals surface area contributed by atoms with Gasteiger partial charge in [-0.2, -0.15) is 0 Å². The Morgan fingerprint density at radius 3 is 1.02 bits per heavy atom. The first-order chi connectivity index (χ1) is 19.4. The smallest absolute Gasteiger partial charge is 0.160 e. The number of rotatable bonds is 10. The molecule has 0 saturated heterocycles. The predicted molar refractivity (Wildman–Crippen MR) is 158 cm³/mol. The molecule has 0 amide bonds. The molecule has 6 nitrogen and oxygen atoms in total. The number of ether oxygens (including phenoxy) is 2. The third kappa shape index (κ3) is 6.49. The van der Waals surface area contributed by atoms with Crippen molar-refractivity contribution in [1.82, 2.24) is 0 Å². The van der Waals surface area contributed by atoms with E-state index in [-0.39, 0.29) is 28.5 Å². The third-order valence-corrected chi connectivity index (χ3v) is 7.12. The lowest BCUT2D eigenvalue weighted by Gasteiger charge is -2.26. The zero-order chi connectivity index (χ0) is 29.9. The van der Waals surface area contributed by atoms with Gasteiger partial charge in [-0.15, -0.1) is 0 Å². The lowest BCUT2D eigenvalue weighted by atomic mass is 9.78. The van der Waals surface area contributed by atoms with Crippen LogP contribution in [0.4, 0.5) is 0 Å². The van der Waals surface area contributed by atoms with Crippen LogP contribution in [0.3, 0.4) is 0 Å². The molecule has 208 valence electrons. The lowest BCUT2D eigenvalue weighted by molar-refractivity contribution is 0.0980. The Balaban J connectivity index is 1.49. The Labute approximate surface area is 239 Å². The van der Waals surface area contributed by atoms with Crippen molar-refractivity contribution in [2.45, 2.75) is 47.0 Å². The minimum absolute atomic E-state index is 0.168. The molecule has 0 saturated carbocycles. The van der Waals surface area contributed by atoms with E-state index in [1.807, 2.05) is 48.5 Å². The van der Waals surface area contributed by atoms with Gasteiger partial charge < -0.3 is 9.47 Å². The quantitative estimate of drug-likeness (QED) is 0.185. The molecule has 6 heteroatoms. The molecule has 41 heavy (non-hydrogen) atoms. The Kier molecular flexibility index (Phi) is 8.33. The second kappa shape index (κ2) is 11.7. The summed E-state index contributed by atoms with van der Waals surface area (Å²) in [4.78, 5) is 47.7. The molecule has 0 N–H and O–H groups in total. The number of carbonyl (C=O) groups is 4. The van der Waals surface area contributed by atoms with Crippen LogP contribution < -0.4 is 9.47 Å². The highest BCUT2D eigenvalue weighted by molar-refractivity contribution is 6.08. The molecule has 4 rings (SSSR count). The molecule has 0 aliphatic carbocycles. The van der Waals surface area contributed by atoms with E-state index in [9.17, 15) is 19.2 Å². The fraction of sp³-hybridized carbons (Fsp3) is 0.200. The maximum atomic E-state index is 12.0. The molecule has 0 aromatic heterocycles. The summed E-state index contributed by atoms with van der Waals surface area (Å²) in [6.07, 6.45) is 0. The molecule has 0 aliphatic rings. The maximum Gasteiger partial charge on any atom is 0.160 e. The molecule has 0 atom stereocenters. The Hall–Kier alpha value is -4.84. The van der Waals surface area contributed by atoms with E-state index in [1.54, 1.807) is 36.4 Å². The second-order valence-corrected chi connectivity index (χ2v) is 10.5. The van der Waals surface area contributed by atoms with Crippen LogP contribution in [0.25, 0.3) is 0 Å². The molecular formula is C35H32O6. The van der Waals surface area contributed by atoms with Gasteiger partial charge in [-0.25, -0.2) is 0 Å². The third-order valence-electron chi connectivity index (χ3n) is 7.12. The van der Waals surface area contributed by atoms with Gasteiger partial charge in [-0.3, -0.25) is 19.2 Å². The van der Waals surface area contributed by atoms with E-state index in [1.165, 1.54) is 27.7 Å². The maximum absolute atomic E-state index is 12.0. The van der Waals surface area contributed by atoms with Crippen molar-refractivity contribution in [2.75, 3.05) is 0 Å². The van der Waals surface area contributed by atoms with Gasteiger partial charge in [-0.1, -0.05) is 38.1 Å². The summed E-state index contributed by atoms with van der Waals surface area (Å²) >= 11 is 0. The minimum atomic E-state index is -0.326. The standard InChI is InChI=1S/C35H32O6/c1-21(36)31-17-15-29(19-33(31)23(3)38)40-27-11-7-25(8-12-27)35(5,6)26-9-13-28(14-10-26)41-30-16-18-32(22(2)37)34(20-30)24(4)39/h7-20H,1-6H3. The average Bonchev–Trinajstić information content (AvgIpc) is 2.93. The minimum Gasteiger partial charge on any atom is -0.457 e. The van der Waals surface area contributed by atoms with Gasteiger partial charge in [0, 0.05) is 27.7 Å². The van der Waals surface area contributed by atoms with E-state index in [4.69, 9.17) is 9.47 Å². The van der Waals surface area contributed by atoms with Gasteiger partial charge in [0.2, 0.25) is 0 Å². The molecule has 0 spiro atoms. The van der Waals surface area contributed by atoms with Crippen LogP contribution in [0.2, 0.25) is 0 Å². The van der Waals surface area contributed by atoms with Crippen LogP contribution in [0.5, 0.6) is 23.0 Å². The highest BCUT2D eigenvalue weighted by Gasteiger charge is 2.23. The van der Waals surface area contributed by atoms with Gasteiger partial charge >= 0.3 is 0 Å². The first-order valence-corrected chi connectivity index (χ1v) is 13.3. The van der Waals surface area contributed by atoms with Crippen LogP contribution in [-0.4, -0.2) is 23.1 Å². The fourth-order valence-electron chi connectivity index (χ4n) is 4.69. The summed E-state index contributed by atoms with van der Waals surface area (Å²) in [6.45, 7) is 9.97. The second-order valence-electron chi connectivity index (χ2n) is 10.5. The van der Waals surface area contributed by atoms with E-state index in [0.29, 0.717) is 45.3 Å². The first kappa shape index (κ1) is 29.2. The highest BCUT2D eigenvalue weighted by Crippen LogP contribution is 2.35. The van der Waals surface area contributed by atoms with Crippen molar-refractivity contribution < 1.29 is 28.7 Å². The molecule has 4 aromatic carbocycles. The van der Waals surface area contributed by atoms with Crippen molar-refractivity contribution in [3.05, 3.63) is 118 Å². The summed E-state index contributed by atoms with van der Waals surface area (Å²) in [5.41, 5.74) is 3.25. The monoisotopic (exact) mass is 548 g/mol. The van der Waals surface area contributed by atoms with Crippen LogP contribution >= 0.6 is 0 Å². The van der Waals surface area contributed by atoms with Crippen LogP contribution in [0.1, 0.15) is 94.1 Å². The lowest BCUT2D eigenvalue weighted by Crippen LogP contribution is -2.18. The van der Waals surface area contributed by atoms with Gasteiger partial charge in [0.15, 0.2) is 23.1 Å². The summed E-state index contributed by atoms with van der Waals surface area (Å²) < 4.78 is 11.9. The largest absolute Gasteiger partial charge is 0.457 e. The van der Waals surface area contributed by atoms with Gasteiger partial charge in [-0.05, 0) is 99.5 Å². The molecule has 0 aliphatic heterocycles. The van der Waals surface area contributed by atoms with Gasteiger partial charge in [0.05, 0.1) is 0 Å². The number of carbonyl (C=O) groups excluding carboxylic acids is 4. The number of Topliss-reactive ketones (excluding diaryl/α,β-unsaturated/α-hetero) is 4. The molecule has 4 aromatic rings. The average molecular weight is 549 g/mol. The number of hydrogen-bond donors (Lipinski definition) is 0. The van der Waals surface area contributed by atoms with Gasteiger partial charge in [0.25, 0.3) is 0 Å². The summed E-state index contributed by atoms with van der Waals surface area (Å²) in [6, 6.07) is 25.3. The number of ketones is 4. The summed E-state index contributed by atoms with van der Waals surface area (Å²) in [5.74, 6) is 1.46. The molecule has 0 radical (unpaired) electrons. The Bertz CT molecular complexity index is 1520.